The van der Waals surface area contributed by atoms with Gasteiger partial charge in [-0.2, -0.15) is 4.31 Å². The first-order chi connectivity index (χ1) is 14.0. The number of hydrogen-bond acceptors (Lipinski definition) is 4. The van der Waals surface area contributed by atoms with Crippen LogP contribution >= 0.6 is 11.6 Å². The average Bonchev–Trinajstić information content (AvgIpc) is 2.72. The summed E-state index contributed by atoms with van der Waals surface area (Å²) in [4.78, 5) is 29.3. The average molecular weight is 456 g/mol. The van der Waals surface area contributed by atoms with Crippen molar-refractivity contribution in [2.75, 3.05) is 39.3 Å². The van der Waals surface area contributed by atoms with E-state index in [-0.39, 0.29) is 35.7 Å². The van der Waals surface area contributed by atoms with Crippen LogP contribution in [-0.2, 0) is 19.6 Å². The molecule has 2 amide bonds. The van der Waals surface area contributed by atoms with E-state index in [1.807, 2.05) is 20.8 Å². The number of amides is 2. The number of piperazine rings is 1. The molecule has 1 aromatic carbocycles. The van der Waals surface area contributed by atoms with E-state index in [2.05, 4.69) is 0 Å². The molecule has 0 radical (unpaired) electrons. The van der Waals surface area contributed by atoms with Crippen LogP contribution in [0.5, 0.6) is 0 Å². The molecule has 166 valence electrons. The first-order valence-corrected chi connectivity index (χ1v) is 12.2. The summed E-state index contributed by atoms with van der Waals surface area (Å²) in [5, 5.41) is 0.372. The lowest BCUT2D eigenvalue weighted by molar-refractivity contribution is -0.145. The summed E-state index contributed by atoms with van der Waals surface area (Å²) < 4.78 is 27.1. The van der Waals surface area contributed by atoms with Crippen molar-refractivity contribution in [2.45, 2.75) is 38.5 Å². The summed E-state index contributed by atoms with van der Waals surface area (Å²) in [6.07, 6.45) is 1.56. The zero-order valence-corrected chi connectivity index (χ0v) is 19.4. The zero-order valence-electron chi connectivity index (χ0n) is 17.8. The van der Waals surface area contributed by atoms with Gasteiger partial charge in [-0.1, -0.05) is 38.4 Å². The van der Waals surface area contributed by atoms with Crippen LogP contribution in [0.15, 0.2) is 29.2 Å². The van der Waals surface area contributed by atoms with E-state index in [9.17, 15) is 18.0 Å². The molecule has 2 saturated heterocycles. The maximum absolute atomic E-state index is 13.0. The van der Waals surface area contributed by atoms with Gasteiger partial charge in [0.05, 0.1) is 10.8 Å². The lowest BCUT2D eigenvalue weighted by Crippen LogP contribution is -2.54. The van der Waals surface area contributed by atoms with Crippen LogP contribution in [0, 0.1) is 11.3 Å². The van der Waals surface area contributed by atoms with Crippen molar-refractivity contribution in [3.8, 4) is 0 Å². The van der Waals surface area contributed by atoms with E-state index in [0.29, 0.717) is 31.2 Å². The number of carbonyl (C=O) groups excluding carboxylic acids is 2. The molecule has 0 saturated carbocycles. The molecule has 0 bridgehead atoms. The Bertz CT molecular complexity index is 905. The monoisotopic (exact) mass is 455 g/mol. The molecule has 7 nitrogen and oxygen atoms in total. The van der Waals surface area contributed by atoms with E-state index in [0.717, 1.165) is 12.8 Å². The van der Waals surface area contributed by atoms with Crippen molar-refractivity contribution in [2.24, 2.45) is 11.3 Å². The molecular formula is C21H30ClN3O4S. The first-order valence-electron chi connectivity index (χ1n) is 10.3. The quantitative estimate of drug-likeness (QED) is 0.701. The summed E-state index contributed by atoms with van der Waals surface area (Å²) >= 11 is 5.94. The third-order valence-corrected chi connectivity index (χ3v) is 7.81. The molecule has 0 spiro atoms. The van der Waals surface area contributed by atoms with Crippen molar-refractivity contribution < 1.29 is 18.0 Å². The van der Waals surface area contributed by atoms with Gasteiger partial charge >= 0.3 is 0 Å². The van der Waals surface area contributed by atoms with Gasteiger partial charge < -0.3 is 9.80 Å². The molecule has 1 unspecified atom stereocenters. The highest BCUT2D eigenvalue weighted by Crippen LogP contribution is 2.26. The number of halogens is 1. The van der Waals surface area contributed by atoms with Gasteiger partial charge in [0.2, 0.25) is 21.8 Å². The molecular weight excluding hydrogens is 426 g/mol. The van der Waals surface area contributed by atoms with Gasteiger partial charge in [-0.3, -0.25) is 9.59 Å². The minimum absolute atomic E-state index is 0.0150. The van der Waals surface area contributed by atoms with Gasteiger partial charge in [0.15, 0.2) is 0 Å². The number of rotatable bonds is 3. The zero-order chi connectivity index (χ0) is 22.1. The van der Waals surface area contributed by atoms with E-state index in [4.69, 9.17) is 11.6 Å². The standard InChI is InChI=1S/C21H30ClN3O4S/c1-21(2,3)20(27)24-9-5-6-16(15-24)19(26)23-10-12-25(13-11-23)30(28,29)18-8-4-7-17(22)14-18/h4,7-8,14,16H,5-6,9-13,15H2,1-3H3. The van der Waals surface area contributed by atoms with Gasteiger partial charge in [0.1, 0.15) is 0 Å². The van der Waals surface area contributed by atoms with Crippen LogP contribution in [0.3, 0.4) is 0 Å². The molecule has 3 rings (SSSR count). The summed E-state index contributed by atoms with van der Waals surface area (Å²) in [5.74, 6) is -0.139. The van der Waals surface area contributed by atoms with E-state index in [1.54, 1.807) is 21.9 Å². The summed E-state index contributed by atoms with van der Waals surface area (Å²) in [6.45, 7) is 7.99. The SMILES string of the molecule is CC(C)(C)C(=O)N1CCCC(C(=O)N2CCN(S(=O)(=O)c3cccc(Cl)c3)CC2)C1. The predicted molar refractivity (Wildman–Crippen MR) is 116 cm³/mol. The van der Waals surface area contributed by atoms with Crippen molar-refractivity contribution in [3.05, 3.63) is 29.3 Å². The van der Waals surface area contributed by atoms with Crippen LogP contribution in [0.4, 0.5) is 0 Å². The third-order valence-electron chi connectivity index (χ3n) is 5.68. The van der Waals surface area contributed by atoms with Gasteiger partial charge in [0.25, 0.3) is 0 Å². The summed E-state index contributed by atoms with van der Waals surface area (Å²) in [5.41, 5.74) is -0.467. The van der Waals surface area contributed by atoms with Crippen LogP contribution in [-0.4, -0.2) is 73.6 Å². The van der Waals surface area contributed by atoms with Crippen molar-refractivity contribution in [1.82, 2.24) is 14.1 Å². The molecule has 0 N–H and O–H groups in total. The molecule has 30 heavy (non-hydrogen) atoms. The lowest BCUT2D eigenvalue weighted by atomic mass is 9.90. The molecule has 2 aliphatic heterocycles. The Hall–Kier alpha value is -1.64. The number of benzene rings is 1. The molecule has 1 aromatic rings. The lowest BCUT2D eigenvalue weighted by Gasteiger charge is -2.39. The Labute approximate surface area is 184 Å². The number of sulfonamides is 1. The minimum atomic E-state index is -3.64. The second-order valence-electron chi connectivity index (χ2n) is 9.03. The van der Waals surface area contributed by atoms with Crippen LogP contribution in [0.1, 0.15) is 33.6 Å². The van der Waals surface area contributed by atoms with Gasteiger partial charge in [-0.25, -0.2) is 8.42 Å². The fourth-order valence-electron chi connectivity index (χ4n) is 4.02. The number of nitrogens with zero attached hydrogens (tertiary/aromatic N) is 3. The highest BCUT2D eigenvalue weighted by Gasteiger charge is 2.37. The van der Waals surface area contributed by atoms with Gasteiger partial charge in [-0.15, -0.1) is 0 Å². The topological polar surface area (TPSA) is 78.0 Å². The Morgan fingerprint density at radius 2 is 1.70 bits per heavy atom. The Morgan fingerprint density at radius 1 is 1.03 bits per heavy atom. The number of carbonyl (C=O) groups is 2. The maximum atomic E-state index is 13.0. The number of hydrogen-bond donors (Lipinski definition) is 0. The Balaban J connectivity index is 1.61. The Morgan fingerprint density at radius 3 is 2.30 bits per heavy atom. The predicted octanol–water partition coefficient (Wildman–Crippen LogP) is 2.46. The highest BCUT2D eigenvalue weighted by molar-refractivity contribution is 7.89. The molecule has 2 fully saturated rings. The van der Waals surface area contributed by atoms with E-state index >= 15 is 0 Å². The van der Waals surface area contributed by atoms with Crippen molar-refractivity contribution >= 4 is 33.4 Å². The van der Waals surface area contributed by atoms with E-state index < -0.39 is 15.4 Å². The molecule has 9 heteroatoms. The minimum Gasteiger partial charge on any atom is -0.341 e. The molecule has 0 aromatic heterocycles. The van der Waals surface area contributed by atoms with E-state index in [1.165, 1.54) is 16.4 Å². The van der Waals surface area contributed by atoms with Crippen LogP contribution in [0.25, 0.3) is 0 Å². The second-order valence-corrected chi connectivity index (χ2v) is 11.4. The molecule has 1 atom stereocenters. The van der Waals surface area contributed by atoms with Crippen LogP contribution < -0.4 is 0 Å². The molecule has 0 aliphatic carbocycles. The van der Waals surface area contributed by atoms with Crippen molar-refractivity contribution in [3.63, 3.8) is 0 Å². The summed E-state index contributed by atoms with van der Waals surface area (Å²) in [6, 6.07) is 6.22. The third kappa shape index (κ3) is 4.98. The first kappa shape index (κ1) is 23.0. The summed E-state index contributed by atoms with van der Waals surface area (Å²) in [7, 11) is -3.64. The fraction of sp³-hybridized carbons (Fsp3) is 0.619. The molecule has 2 heterocycles. The highest BCUT2D eigenvalue weighted by atomic mass is 35.5. The fourth-order valence-corrected chi connectivity index (χ4v) is 5.74. The normalized spacial score (nSPS) is 21.5. The van der Waals surface area contributed by atoms with Crippen LogP contribution in [0.2, 0.25) is 5.02 Å². The van der Waals surface area contributed by atoms with Gasteiger partial charge in [-0.05, 0) is 31.0 Å². The van der Waals surface area contributed by atoms with Crippen molar-refractivity contribution in [1.29, 1.82) is 0 Å². The molecule has 2 aliphatic rings. The number of likely N-dealkylation sites (tertiary alicyclic amines) is 1. The Kier molecular flexibility index (Phi) is 6.79. The smallest absolute Gasteiger partial charge is 0.243 e. The number of piperidine rings is 1. The largest absolute Gasteiger partial charge is 0.341 e. The van der Waals surface area contributed by atoms with Gasteiger partial charge in [0, 0.05) is 49.7 Å². The second kappa shape index (κ2) is 8.85. The maximum Gasteiger partial charge on any atom is 0.243 e.